The summed E-state index contributed by atoms with van der Waals surface area (Å²) >= 11 is 7.42. The van der Waals surface area contributed by atoms with Gasteiger partial charge >= 0.3 is 6.03 Å². The van der Waals surface area contributed by atoms with Crippen LogP contribution in [0.5, 0.6) is 0 Å². The van der Waals surface area contributed by atoms with Gasteiger partial charge in [-0.15, -0.1) is 11.8 Å². The number of imide groups is 1. The molecule has 1 aromatic rings. The molecule has 96 valence electrons. The lowest BCUT2D eigenvalue weighted by atomic mass is 10.3. The SMILES string of the molecule is Nc1ccc(SCCN2C(=O)CNC2=O)cc1Cl. The molecule has 3 N–H and O–H groups in total. The number of hydrogen-bond donors (Lipinski definition) is 2. The van der Waals surface area contributed by atoms with Gasteiger partial charge in [-0.25, -0.2) is 4.79 Å². The van der Waals surface area contributed by atoms with E-state index in [0.29, 0.717) is 23.0 Å². The number of anilines is 1. The first kappa shape index (κ1) is 13.0. The second-order valence-corrected chi connectivity index (χ2v) is 5.31. The minimum atomic E-state index is -0.323. The van der Waals surface area contributed by atoms with Crippen molar-refractivity contribution in [3.05, 3.63) is 23.2 Å². The Bertz CT molecular complexity index is 479. The number of nitrogens with one attached hydrogen (secondary N) is 1. The van der Waals surface area contributed by atoms with Gasteiger partial charge in [0.25, 0.3) is 0 Å². The molecule has 1 fully saturated rings. The Hall–Kier alpha value is -1.40. The number of nitrogens with zero attached hydrogens (tertiary/aromatic N) is 1. The van der Waals surface area contributed by atoms with Crippen LogP contribution < -0.4 is 11.1 Å². The maximum Gasteiger partial charge on any atom is 0.324 e. The quantitative estimate of drug-likeness (QED) is 0.500. The molecule has 0 aliphatic carbocycles. The molecule has 0 atom stereocenters. The zero-order chi connectivity index (χ0) is 13.1. The highest BCUT2D eigenvalue weighted by Gasteiger charge is 2.27. The summed E-state index contributed by atoms with van der Waals surface area (Å²) in [6.45, 7) is 0.481. The molecule has 0 bridgehead atoms. The molecule has 0 saturated carbocycles. The third-order valence-electron chi connectivity index (χ3n) is 2.49. The van der Waals surface area contributed by atoms with Crippen LogP contribution in [0, 0.1) is 0 Å². The van der Waals surface area contributed by atoms with Gasteiger partial charge in [-0.1, -0.05) is 11.6 Å². The van der Waals surface area contributed by atoms with Crippen LogP contribution in [0.1, 0.15) is 0 Å². The predicted octanol–water partition coefficient (Wildman–Crippen LogP) is 1.57. The third kappa shape index (κ3) is 2.88. The van der Waals surface area contributed by atoms with Gasteiger partial charge in [-0.3, -0.25) is 9.69 Å². The fraction of sp³-hybridized carbons (Fsp3) is 0.273. The van der Waals surface area contributed by atoms with E-state index in [0.717, 1.165) is 4.90 Å². The molecule has 1 saturated heterocycles. The number of halogens is 1. The summed E-state index contributed by atoms with van der Waals surface area (Å²) in [6, 6.07) is 5.04. The van der Waals surface area contributed by atoms with Crippen LogP contribution in [-0.4, -0.2) is 35.7 Å². The Labute approximate surface area is 114 Å². The van der Waals surface area contributed by atoms with Crippen LogP contribution in [0.3, 0.4) is 0 Å². The minimum absolute atomic E-state index is 0.0944. The number of carbonyl (C=O) groups excluding carboxylic acids is 2. The van der Waals surface area contributed by atoms with Crippen molar-refractivity contribution >= 4 is 41.0 Å². The lowest BCUT2D eigenvalue weighted by molar-refractivity contribution is -0.124. The summed E-state index contributed by atoms with van der Waals surface area (Å²) in [7, 11) is 0. The highest BCUT2D eigenvalue weighted by Crippen LogP contribution is 2.26. The normalized spacial score (nSPS) is 15.1. The third-order valence-corrected chi connectivity index (χ3v) is 3.79. The van der Waals surface area contributed by atoms with Crippen LogP contribution in [0.2, 0.25) is 5.02 Å². The number of nitrogen functional groups attached to an aromatic ring is 1. The second-order valence-electron chi connectivity index (χ2n) is 3.74. The van der Waals surface area contributed by atoms with E-state index in [1.54, 1.807) is 12.1 Å². The Kier molecular flexibility index (Phi) is 3.98. The van der Waals surface area contributed by atoms with Gasteiger partial charge in [0.15, 0.2) is 0 Å². The molecular weight excluding hydrogens is 274 g/mol. The Morgan fingerprint density at radius 1 is 1.44 bits per heavy atom. The van der Waals surface area contributed by atoms with Gasteiger partial charge in [0, 0.05) is 17.2 Å². The maximum absolute atomic E-state index is 11.3. The van der Waals surface area contributed by atoms with Crippen molar-refractivity contribution in [3.8, 4) is 0 Å². The monoisotopic (exact) mass is 285 g/mol. The Morgan fingerprint density at radius 2 is 2.22 bits per heavy atom. The smallest absolute Gasteiger partial charge is 0.324 e. The first-order valence-corrected chi connectivity index (χ1v) is 6.70. The van der Waals surface area contributed by atoms with Gasteiger partial charge in [-0.05, 0) is 18.2 Å². The van der Waals surface area contributed by atoms with Gasteiger partial charge < -0.3 is 11.1 Å². The van der Waals surface area contributed by atoms with Crippen molar-refractivity contribution < 1.29 is 9.59 Å². The van der Waals surface area contributed by atoms with Crippen LogP contribution in [0.4, 0.5) is 10.5 Å². The summed E-state index contributed by atoms with van der Waals surface area (Å²) in [5.74, 6) is 0.440. The molecule has 1 aliphatic rings. The van der Waals surface area contributed by atoms with Crippen molar-refractivity contribution in [3.63, 3.8) is 0 Å². The van der Waals surface area contributed by atoms with Gasteiger partial charge in [0.05, 0.1) is 17.3 Å². The molecule has 1 aromatic carbocycles. The van der Waals surface area contributed by atoms with Gasteiger partial charge in [-0.2, -0.15) is 0 Å². The molecule has 3 amide bonds. The van der Waals surface area contributed by atoms with Gasteiger partial charge in [0.2, 0.25) is 5.91 Å². The first-order valence-electron chi connectivity index (χ1n) is 5.34. The van der Waals surface area contributed by atoms with Crippen LogP contribution in [0.25, 0.3) is 0 Å². The number of nitrogens with two attached hydrogens (primary N) is 1. The summed E-state index contributed by atoms with van der Waals surface area (Å²) in [4.78, 5) is 24.8. The number of hydrogen-bond acceptors (Lipinski definition) is 4. The molecule has 1 heterocycles. The molecule has 0 unspecified atom stereocenters. The van der Waals surface area contributed by atoms with Crippen molar-refractivity contribution in [2.45, 2.75) is 4.90 Å². The molecule has 0 spiro atoms. The summed E-state index contributed by atoms with van der Waals surface area (Å²) in [6.07, 6.45) is 0. The van der Waals surface area contributed by atoms with Crippen LogP contribution >= 0.6 is 23.4 Å². The van der Waals surface area contributed by atoms with E-state index in [-0.39, 0.29) is 18.5 Å². The highest BCUT2D eigenvalue weighted by atomic mass is 35.5. The van der Waals surface area contributed by atoms with Crippen molar-refractivity contribution in [1.82, 2.24) is 10.2 Å². The first-order chi connectivity index (χ1) is 8.58. The van der Waals surface area contributed by atoms with Crippen molar-refractivity contribution in [2.24, 2.45) is 0 Å². The lowest BCUT2D eigenvalue weighted by Crippen LogP contribution is -2.32. The second kappa shape index (κ2) is 5.49. The van der Waals surface area contributed by atoms with Crippen LogP contribution in [-0.2, 0) is 4.79 Å². The fourth-order valence-electron chi connectivity index (χ4n) is 1.53. The molecular formula is C11H12ClN3O2S. The summed E-state index contributed by atoms with van der Waals surface area (Å²) in [5.41, 5.74) is 6.14. The minimum Gasteiger partial charge on any atom is -0.398 e. The van der Waals surface area contributed by atoms with E-state index in [1.165, 1.54) is 16.7 Å². The number of thioether (sulfide) groups is 1. The van der Waals surface area contributed by atoms with Crippen LogP contribution in [0.15, 0.2) is 23.1 Å². The van der Waals surface area contributed by atoms with E-state index >= 15 is 0 Å². The standard InChI is InChI=1S/C11H12ClN3O2S/c12-8-5-7(1-2-9(8)13)18-4-3-15-10(16)6-14-11(15)17/h1-2,5H,3-4,6,13H2,(H,14,17). The average Bonchev–Trinajstić information content (AvgIpc) is 2.65. The molecule has 7 heteroatoms. The zero-order valence-electron chi connectivity index (χ0n) is 9.48. The van der Waals surface area contributed by atoms with E-state index in [2.05, 4.69) is 5.32 Å². The Morgan fingerprint density at radius 3 is 2.83 bits per heavy atom. The van der Waals surface area contributed by atoms with E-state index in [4.69, 9.17) is 17.3 Å². The molecule has 18 heavy (non-hydrogen) atoms. The predicted molar refractivity (Wildman–Crippen MR) is 71.7 cm³/mol. The topological polar surface area (TPSA) is 75.4 Å². The zero-order valence-corrected chi connectivity index (χ0v) is 11.1. The van der Waals surface area contributed by atoms with E-state index in [9.17, 15) is 9.59 Å². The van der Waals surface area contributed by atoms with E-state index in [1.807, 2.05) is 6.07 Å². The largest absolute Gasteiger partial charge is 0.398 e. The molecule has 5 nitrogen and oxygen atoms in total. The number of urea groups is 1. The van der Waals surface area contributed by atoms with Crippen molar-refractivity contribution in [2.75, 3.05) is 24.6 Å². The molecule has 1 aliphatic heterocycles. The summed E-state index contributed by atoms with van der Waals surface area (Å²) in [5, 5.41) is 2.98. The van der Waals surface area contributed by atoms with Gasteiger partial charge in [0.1, 0.15) is 0 Å². The average molecular weight is 286 g/mol. The lowest BCUT2D eigenvalue weighted by Gasteiger charge is -2.11. The number of carbonyl (C=O) groups is 2. The molecule has 0 aromatic heterocycles. The molecule has 2 rings (SSSR count). The number of rotatable bonds is 4. The number of amides is 3. The molecule has 0 radical (unpaired) electrons. The van der Waals surface area contributed by atoms with E-state index < -0.39 is 0 Å². The maximum atomic E-state index is 11.3. The number of benzene rings is 1. The highest BCUT2D eigenvalue weighted by molar-refractivity contribution is 7.99. The van der Waals surface area contributed by atoms with Crippen molar-refractivity contribution in [1.29, 1.82) is 0 Å². The Balaban J connectivity index is 1.86. The summed E-state index contributed by atoms with van der Waals surface area (Å²) < 4.78 is 0. The fourth-order valence-corrected chi connectivity index (χ4v) is 2.65.